The van der Waals surface area contributed by atoms with Crippen LogP contribution in [0.1, 0.15) is 5.82 Å². The Kier molecular flexibility index (Phi) is 7.54. The maximum absolute atomic E-state index is 11.8. The van der Waals surface area contributed by atoms with Crippen molar-refractivity contribution in [1.82, 2.24) is 19.7 Å². The number of carbonyl (C=O) groups excluding carboxylic acids is 1. The van der Waals surface area contributed by atoms with Crippen molar-refractivity contribution in [1.29, 1.82) is 0 Å². The number of aromatic nitrogens is 3. The predicted molar refractivity (Wildman–Crippen MR) is 97.1 cm³/mol. The molecular weight excluding hydrogens is 364 g/mol. The summed E-state index contributed by atoms with van der Waals surface area (Å²) in [7, 11) is 5.09. The zero-order valence-electron chi connectivity index (χ0n) is 14.4. The lowest BCUT2D eigenvalue weighted by Crippen LogP contribution is -2.23. The first-order valence-electron chi connectivity index (χ1n) is 7.63. The Morgan fingerprint density at radius 2 is 2.00 bits per heavy atom. The van der Waals surface area contributed by atoms with E-state index >= 15 is 0 Å². The van der Waals surface area contributed by atoms with Crippen LogP contribution in [-0.2, 0) is 22.7 Å². The molecule has 0 unspecified atom stereocenters. The van der Waals surface area contributed by atoms with Crippen LogP contribution >= 0.6 is 23.4 Å². The molecule has 1 aromatic carbocycles. The standard InChI is InChI=1S/C16H21ClN4O3S/c1-20(2)15(22)11-25-16-19-18-14(21(16)8-9-23-3)10-24-13-6-4-12(17)5-7-13/h4-7H,8-11H2,1-3H3. The SMILES string of the molecule is COCCn1c(COc2ccc(Cl)cc2)nnc1SCC(=O)N(C)C. The van der Waals surface area contributed by atoms with E-state index in [0.717, 1.165) is 0 Å². The summed E-state index contributed by atoms with van der Waals surface area (Å²) in [6.45, 7) is 1.36. The van der Waals surface area contributed by atoms with Crippen LogP contribution in [0, 0.1) is 0 Å². The molecule has 25 heavy (non-hydrogen) atoms. The fourth-order valence-corrected chi connectivity index (χ4v) is 2.96. The fourth-order valence-electron chi connectivity index (χ4n) is 1.87. The van der Waals surface area contributed by atoms with E-state index < -0.39 is 0 Å². The Hall–Kier alpha value is -1.77. The Labute approximate surface area is 156 Å². The highest BCUT2D eigenvalue weighted by Crippen LogP contribution is 2.20. The number of hydrogen-bond donors (Lipinski definition) is 0. The third-order valence-corrected chi connectivity index (χ3v) is 4.52. The number of halogens is 1. The van der Waals surface area contributed by atoms with Crippen molar-refractivity contribution in [2.45, 2.75) is 18.3 Å². The number of nitrogens with zero attached hydrogens (tertiary/aromatic N) is 4. The summed E-state index contributed by atoms with van der Waals surface area (Å²) in [5.74, 6) is 1.69. The molecule has 0 N–H and O–H groups in total. The van der Waals surface area contributed by atoms with E-state index in [4.69, 9.17) is 21.1 Å². The Bertz CT molecular complexity index is 691. The second-order valence-corrected chi connectivity index (χ2v) is 6.74. The first kappa shape index (κ1) is 19.6. The third-order valence-electron chi connectivity index (χ3n) is 3.32. The smallest absolute Gasteiger partial charge is 0.232 e. The summed E-state index contributed by atoms with van der Waals surface area (Å²) >= 11 is 7.22. The van der Waals surface area contributed by atoms with Gasteiger partial charge in [0.25, 0.3) is 0 Å². The zero-order chi connectivity index (χ0) is 18.2. The molecule has 0 fully saturated rings. The van der Waals surface area contributed by atoms with Gasteiger partial charge < -0.3 is 18.9 Å². The second kappa shape index (κ2) is 9.65. The van der Waals surface area contributed by atoms with Gasteiger partial charge in [0.2, 0.25) is 5.91 Å². The topological polar surface area (TPSA) is 69.5 Å². The molecule has 0 atom stereocenters. The van der Waals surface area contributed by atoms with E-state index in [2.05, 4.69) is 10.2 Å². The number of rotatable bonds is 9. The van der Waals surface area contributed by atoms with Gasteiger partial charge in [0, 0.05) is 32.8 Å². The number of ether oxygens (including phenoxy) is 2. The molecule has 0 aliphatic heterocycles. The number of thioether (sulfide) groups is 1. The first-order valence-corrected chi connectivity index (χ1v) is 9.00. The fraction of sp³-hybridized carbons (Fsp3) is 0.438. The molecule has 7 nitrogen and oxygen atoms in total. The number of carbonyl (C=O) groups is 1. The molecule has 1 heterocycles. The van der Waals surface area contributed by atoms with Gasteiger partial charge in [-0.25, -0.2) is 0 Å². The van der Waals surface area contributed by atoms with Crippen molar-refractivity contribution in [2.24, 2.45) is 0 Å². The lowest BCUT2D eigenvalue weighted by atomic mass is 10.3. The van der Waals surface area contributed by atoms with Crippen molar-refractivity contribution >= 4 is 29.3 Å². The van der Waals surface area contributed by atoms with Crippen LogP contribution in [0.2, 0.25) is 5.02 Å². The number of hydrogen-bond acceptors (Lipinski definition) is 6. The molecule has 0 radical (unpaired) electrons. The van der Waals surface area contributed by atoms with Gasteiger partial charge in [-0.3, -0.25) is 4.79 Å². The molecule has 1 amide bonds. The van der Waals surface area contributed by atoms with Crippen LogP contribution < -0.4 is 4.74 Å². The highest BCUT2D eigenvalue weighted by Gasteiger charge is 2.15. The van der Waals surface area contributed by atoms with Crippen molar-refractivity contribution in [3.63, 3.8) is 0 Å². The Morgan fingerprint density at radius 3 is 2.64 bits per heavy atom. The Balaban J connectivity index is 2.05. The van der Waals surface area contributed by atoms with Gasteiger partial charge in [-0.2, -0.15) is 0 Å². The summed E-state index contributed by atoms with van der Waals surface area (Å²) in [5.41, 5.74) is 0. The number of amides is 1. The second-order valence-electron chi connectivity index (χ2n) is 5.36. The molecule has 2 aromatic rings. The van der Waals surface area contributed by atoms with E-state index in [0.29, 0.717) is 40.7 Å². The number of benzene rings is 1. The molecule has 2 rings (SSSR count). The maximum atomic E-state index is 11.8. The predicted octanol–water partition coefficient (Wildman–Crippen LogP) is 2.34. The minimum absolute atomic E-state index is 0.0188. The minimum atomic E-state index is 0.0188. The van der Waals surface area contributed by atoms with Crippen LogP contribution in [0.4, 0.5) is 0 Å². The largest absolute Gasteiger partial charge is 0.486 e. The number of methoxy groups -OCH3 is 1. The van der Waals surface area contributed by atoms with E-state index in [-0.39, 0.29) is 12.5 Å². The molecular formula is C16H21ClN4O3S. The van der Waals surface area contributed by atoms with Crippen molar-refractivity contribution in [3.05, 3.63) is 35.1 Å². The van der Waals surface area contributed by atoms with Crippen molar-refractivity contribution < 1.29 is 14.3 Å². The molecule has 136 valence electrons. The van der Waals surface area contributed by atoms with Gasteiger partial charge in [-0.05, 0) is 24.3 Å². The summed E-state index contributed by atoms with van der Waals surface area (Å²) < 4.78 is 12.8. The van der Waals surface area contributed by atoms with Crippen LogP contribution in [0.25, 0.3) is 0 Å². The van der Waals surface area contributed by atoms with Crippen molar-refractivity contribution in [2.75, 3.05) is 33.6 Å². The summed E-state index contributed by atoms with van der Waals surface area (Å²) in [4.78, 5) is 13.3. The minimum Gasteiger partial charge on any atom is -0.486 e. The molecule has 1 aromatic heterocycles. The average molecular weight is 385 g/mol. The highest BCUT2D eigenvalue weighted by molar-refractivity contribution is 7.99. The monoisotopic (exact) mass is 384 g/mol. The average Bonchev–Trinajstić information content (AvgIpc) is 2.99. The van der Waals surface area contributed by atoms with Crippen molar-refractivity contribution in [3.8, 4) is 5.75 Å². The molecule has 0 aliphatic rings. The molecule has 0 aliphatic carbocycles. The first-order chi connectivity index (χ1) is 12.0. The zero-order valence-corrected chi connectivity index (χ0v) is 16.0. The summed E-state index contributed by atoms with van der Waals surface area (Å²) in [6.07, 6.45) is 0. The normalized spacial score (nSPS) is 10.7. The highest BCUT2D eigenvalue weighted by atomic mass is 35.5. The van der Waals surface area contributed by atoms with Crippen LogP contribution in [0.15, 0.2) is 29.4 Å². The quantitative estimate of drug-likeness (QED) is 0.618. The van der Waals surface area contributed by atoms with Gasteiger partial charge in [0.05, 0.1) is 12.4 Å². The molecule has 0 bridgehead atoms. The van der Waals surface area contributed by atoms with E-state index in [1.54, 1.807) is 50.4 Å². The van der Waals surface area contributed by atoms with Gasteiger partial charge in [0.1, 0.15) is 12.4 Å². The molecule has 0 spiro atoms. The molecule has 0 saturated heterocycles. The van der Waals surface area contributed by atoms with Crippen LogP contribution in [0.5, 0.6) is 5.75 Å². The van der Waals surface area contributed by atoms with E-state index in [1.807, 2.05) is 4.57 Å². The molecule has 0 saturated carbocycles. The van der Waals surface area contributed by atoms with E-state index in [9.17, 15) is 4.79 Å². The maximum Gasteiger partial charge on any atom is 0.232 e. The van der Waals surface area contributed by atoms with Gasteiger partial charge in [0.15, 0.2) is 11.0 Å². The van der Waals surface area contributed by atoms with Gasteiger partial charge in [-0.1, -0.05) is 23.4 Å². The summed E-state index contributed by atoms with van der Waals surface area (Å²) in [5, 5.41) is 9.68. The van der Waals surface area contributed by atoms with Crippen LogP contribution in [0.3, 0.4) is 0 Å². The lowest BCUT2D eigenvalue weighted by Gasteiger charge is -2.12. The molecule has 9 heteroatoms. The van der Waals surface area contributed by atoms with Gasteiger partial charge >= 0.3 is 0 Å². The third kappa shape index (κ3) is 5.91. The lowest BCUT2D eigenvalue weighted by molar-refractivity contribution is -0.125. The van der Waals surface area contributed by atoms with Gasteiger partial charge in [-0.15, -0.1) is 10.2 Å². The van der Waals surface area contributed by atoms with Crippen LogP contribution in [-0.4, -0.2) is 59.1 Å². The summed E-state index contributed by atoms with van der Waals surface area (Å²) in [6, 6.07) is 7.12. The van der Waals surface area contributed by atoms with E-state index in [1.165, 1.54) is 11.8 Å². The Morgan fingerprint density at radius 1 is 1.28 bits per heavy atom.